The Balaban J connectivity index is 1.40. The van der Waals surface area contributed by atoms with Crippen molar-refractivity contribution in [2.24, 2.45) is 11.8 Å². The fraction of sp³-hybridized carbons (Fsp3) is 0.708. The molecule has 0 spiro atoms. The van der Waals surface area contributed by atoms with Gasteiger partial charge in [-0.15, -0.1) is 0 Å². The molecule has 0 unspecified atom stereocenters. The van der Waals surface area contributed by atoms with E-state index < -0.39 is 10.0 Å². The largest absolute Gasteiger partial charge is 0.312 e. The van der Waals surface area contributed by atoms with Gasteiger partial charge in [0.15, 0.2) is 0 Å². The molecule has 1 amide bonds. The van der Waals surface area contributed by atoms with Crippen LogP contribution in [-0.4, -0.2) is 26.9 Å². The summed E-state index contributed by atoms with van der Waals surface area (Å²) in [6.45, 7) is 2.91. The van der Waals surface area contributed by atoms with Gasteiger partial charge in [-0.25, -0.2) is 13.1 Å². The van der Waals surface area contributed by atoms with Gasteiger partial charge in [0.25, 0.3) is 0 Å². The van der Waals surface area contributed by atoms with E-state index in [4.69, 9.17) is 0 Å². The van der Waals surface area contributed by atoms with Crippen LogP contribution < -0.4 is 9.62 Å². The first-order valence-electron chi connectivity index (χ1n) is 11.9. The highest BCUT2D eigenvalue weighted by Crippen LogP contribution is 2.37. The Kier molecular flexibility index (Phi) is 6.83. The third-order valence-corrected chi connectivity index (χ3v) is 8.88. The highest BCUT2D eigenvalue weighted by atomic mass is 32.2. The lowest BCUT2D eigenvalue weighted by Crippen LogP contribution is -2.36. The SMILES string of the molecule is CCCCC1CCC(C(=O)N2CCc3cc(S(=O)(=O)NC4CCCC4)ccc32)CC1. The number of sulfonamides is 1. The Morgan fingerprint density at radius 1 is 1.10 bits per heavy atom. The average molecular weight is 433 g/mol. The van der Waals surface area contributed by atoms with Gasteiger partial charge in [0, 0.05) is 24.2 Å². The van der Waals surface area contributed by atoms with E-state index in [0.717, 1.165) is 62.1 Å². The van der Waals surface area contributed by atoms with Gasteiger partial charge >= 0.3 is 0 Å². The Morgan fingerprint density at radius 3 is 2.53 bits per heavy atom. The zero-order valence-corrected chi connectivity index (χ0v) is 19.1. The fourth-order valence-electron chi connectivity index (χ4n) is 5.52. The molecule has 1 aliphatic heterocycles. The summed E-state index contributed by atoms with van der Waals surface area (Å²) >= 11 is 0. The summed E-state index contributed by atoms with van der Waals surface area (Å²) in [7, 11) is -3.49. The smallest absolute Gasteiger partial charge is 0.240 e. The van der Waals surface area contributed by atoms with Crippen LogP contribution in [-0.2, 0) is 21.2 Å². The monoisotopic (exact) mass is 432 g/mol. The topological polar surface area (TPSA) is 66.5 Å². The number of fused-ring (bicyclic) bond motifs is 1. The molecule has 30 heavy (non-hydrogen) atoms. The molecule has 1 heterocycles. The summed E-state index contributed by atoms with van der Waals surface area (Å²) < 4.78 is 28.4. The fourth-order valence-corrected chi connectivity index (χ4v) is 6.87. The second-order valence-electron chi connectivity index (χ2n) is 9.49. The minimum atomic E-state index is -3.49. The maximum absolute atomic E-state index is 13.2. The second-order valence-corrected chi connectivity index (χ2v) is 11.2. The number of carbonyl (C=O) groups excluding carboxylic acids is 1. The minimum absolute atomic E-state index is 0.0637. The zero-order valence-electron chi connectivity index (χ0n) is 18.2. The molecule has 6 heteroatoms. The van der Waals surface area contributed by atoms with Gasteiger partial charge < -0.3 is 4.90 Å². The first-order valence-corrected chi connectivity index (χ1v) is 13.4. The molecule has 5 nitrogen and oxygen atoms in total. The van der Waals surface area contributed by atoms with Gasteiger partial charge in [0.05, 0.1) is 4.90 Å². The highest BCUT2D eigenvalue weighted by molar-refractivity contribution is 7.89. The van der Waals surface area contributed by atoms with Crippen molar-refractivity contribution in [2.75, 3.05) is 11.4 Å². The molecule has 0 bridgehead atoms. The van der Waals surface area contributed by atoms with Crippen LogP contribution in [0, 0.1) is 11.8 Å². The molecule has 0 atom stereocenters. The Morgan fingerprint density at radius 2 is 1.83 bits per heavy atom. The van der Waals surface area contributed by atoms with E-state index in [1.165, 1.54) is 32.1 Å². The number of anilines is 1. The van der Waals surface area contributed by atoms with E-state index in [1.807, 2.05) is 11.0 Å². The third-order valence-electron chi connectivity index (χ3n) is 7.36. The molecule has 0 saturated heterocycles. The Labute approximate surface area is 181 Å². The van der Waals surface area contributed by atoms with Crippen LogP contribution in [0.3, 0.4) is 0 Å². The molecular formula is C24H36N2O3S. The van der Waals surface area contributed by atoms with E-state index in [1.54, 1.807) is 12.1 Å². The number of rotatable bonds is 7. The molecule has 1 aromatic carbocycles. The van der Waals surface area contributed by atoms with E-state index >= 15 is 0 Å². The normalized spacial score (nSPS) is 24.9. The Bertz CT molecular complexity index is 853. The molecule has 0 radical (unpaired) electrons. The van der Waals surface area contributed by atoms with Crippen LogP contribution in [0.25, 0.3) is 0 Å². The average Bonchev–Trinajstić information content (AvgIpc) is 3.41. The maximum atomic E-state index is 13.2. The molecule has 2 aliphatic carbocycles. The third kappa shape index (κ3) is 4.75. The molecule has 1 aromatic rings. The lowest BCUT2D eigenvalue weighted by molar-refractivity contribution is -0.123. The van der Waals surface area contributed by atoms with Crippen molar-refractivity contribution in [3.05, 3.63) is 23.8 Å². The lowest BCUT2D eigenvalue weighted by atomic mass is 9.79. The number of unbranched alkanes of at least 4 members (excludes halogenated alkanes) is 1. The van der Waals surface area contributed by atoms with Crippen molar-refractivity contribution in [3.63, 3.8) is 0 Å². The molecule has 166 valence electrons. The van der Waals surface area contributed by atoms with Crippen molar-refractivity contribution < 1.29 is 13.2 Å². The first-order chi connectivity index (χ1) is 14.5. The standard InChI is InChI=1S/C24H36N2O3S/c1-2-3-6-18-9-11-19(12-10-18)24(27)26-16-15-20-17-22(13-14-23(20)26)30(28,29)25-21-7-4-5-8-21/h13-14,17-19,21,25H,2-12,15-16H2,1H3. The second kappa shape index (κ2) is 9.39. The zero-order chi connectivity index (χ0) is 21.1. The summed E-state index contributed by atoms with van der Waals surface area (Å²) in [4.78, 5) is 15.4. The summed E-state index contributed by atoms with van der Waals surface area (Å²) in [6.07, 6.45) is 12.9. The van der Waals surface area contributed by atoms with Crippen molar-refractivity contribution in [3.8, 4) is 0 Å². The van der Waals surface area contributed by atoms with Crippen LogP contribution in [0.4, 0.5) is 5.69 Å². The number of hydrogen-bond acceptors (Lipinski definition) is 3. The van der Waals surface area contributed by atoms with Crippen LogP contribution >= 0.6 is 0 Å². The number of benzene rings is 1. The van der Waals surface area contributed by atoms with Crippen LogP contribution in [0.5, 0.6) is 0 Å². The van der Waals surface area contributed by atoms with Crippen LogP contribution in [0.1, 0.15) is 83.1 Å². The van der Waals surface area contributed by atoms with E-state index in [2.05, 4.69) is 11.6 Å². The number of nitrogens with one attached hydrogen (secondary N) is 1. The van der Waals surface area contributed by atoms with E-state index in [-0.39, 0.29) is 17.9 Å². The van der Waals surface area contributed by atoms with Crippen molar-refractivity contribution in [1.29, 1.82) is 0 Å². The van der Waals surface area contributed by atoms with Gasteiger partial charge in [-0.2, -0.15) is 0 Å². The van der Waals surface area contributed by atoms with Crippen LogP contribution in [0.2, 0.25) is 0 Å². The predicted octanol–water partition coefficient (Wildman–Crippen LogP) is 4.79. The van der Waals surface area contributed by atoms with Gasteiger partial charge in [-0.05, 0) is 74.6 Å². The molecular weight excluding hydrogens is 396 g/mol. The quantitative estimate of drug-likeness (QED) is 0.673. The molecule has 3 aliphatic rings. The van der Waals surface area contributed by atoms with Gasteiger partial charge in [-0.3, -0.25) is 4.79 Å². The molecule has 4 rings (SSSR count). The number of nitrogens with zero attached hydrogens (tertiary/aromatic N) is 1. The minimum Gasteiger partial charge on any atom is -0.312 e. The number of amides is 1. The first kappa shape index (κ1) is 21.8. The predicted molar refractivity (Wildman–Crippen MR) is 120 cm³/mol. The maximum Gasteiger partial charge on any atom is 0.240 e. The van der Waals surface area contributed by atoms with E-state index in [0.29, 0.717) is 11.4 Å². The van der Waals surface area contributed by atoms with Gasteiger partial charge in [0.1, 0.15) is 0 Å². The van der Waals surface area contributed by atoms with Crippen molar-refractivity contribution in [1.82, 2.24) is 4.72 Å². The molecule has 2 fully saturated rings. The lowest BCUT2D eigenvalue weighted by Gasteiger charge is -2.30. The molecule has 0 aromatic heterocycles. The summed E-state index contributed by atoms with van der Waals surface area (Å²) in [5.41, 5.74) is 1.89. The number of carbonyl (C=O) groups is 1. The van der Waals surface area contributed by atoms with Crippen molar-refractivity contribution >= 4 is 21.6 Å². The summed E-state index contributed by atoms with van der Waals surface area (Å²) in [5.74, 6) is 1.16. The summed E-state index contributed by atoms with van der Waals surface area (Å²) in [6, 6.07) is 5.36. The highest BCUT2D eigenvalue weighted by Gasteiger charge is 2.33. The molecule has 2 saturated carbocycles. The summed E-state index contributed by atoms with van der Waals surface area (Å²) in [5, 5.41) is 0. The Hall–Kier alpha value is -1.40. The van der Waals surface area contributed by atoms with Crippen LogP contribution in [0.15, 0.2) is 23.1 Å². The molecule has 1 N–H and O–H groups in total. The van der Waals surface area contributed by atoms with E-state index in [9.17, 15) is 13.2 Å². The van der Waals surface area contributed by atoms with Gasteiger partial charge in [-0.1, -0.05) is 39.0 Å². The number of hydrogen-bond donors (Lipinski definition) is 1. The van der Waals surface area contributed by atoms with Gasteiger partial charge in [0.2, 0.25) is 15.9 Å². The van der Waals surface area contributed by atoms with Crippen molar-refractivity contribution in [2.45, 2.75) is 94.9 Å².